The van der Waals surface area contributed by atoms with Crippen LogP contribution in [0.15, 0.2) is 24.4 Å². The van der Waals surface area contributed by atoms with E-state index in [1.807, 2.05) is 0 Å². The molecule has 1 aliphatic rings. The highest BCUT2D eigenvalue weighted by atomic mass is 35.5. The highest BCUT2D eigenvalue weighted by Crippen LogP contribution is 2.20. The van der Waals surface area contributed by atoms with Gasteiger partial charge >= 0.3 is 0 Å². The number of likely N-dealkylation sites (tertiary alicyclic amines) is 1. The number of aromatic nitrogens is 3. The van der Waals surface area contributed by atoms with Crippen LogP contribution in [0.2, 0.25) is 5.02 Å². The minimum Gasteiger partial charge on any atom is -0.346 e. The Kier molecular flexibility index (Phi) is 3.99. The van der Waals surface area contributed by atoms with Gasteiger partial charge in [-0.2, -0.15) is 0 Å². The molecule has 1 N–H and O–H groups in total. The predicted octanol–water partition coefficient (Wildman–Crippen LogP) is 1.02. The smallest absolute Gasteiger partial charge is 0.273 e. The summed E-state index contributed by atoms with van der Waals surface area (Å²) < 4.78 is 15.1. The van der Waals surface area contributed by atoms with Gasteiger partial charge in [-0.15, -0.1) is 5.10 Å². The van der Waals surface area contributed by atoms with Gasteiger partial charge in [0.15, 0.2) is 11.5 Å². The van der Waals surface area contributed by atoms with E-state index in [4.69, 9.17) is 11.6 Å². The fourth-order valence-electron chi connectivity index (χ4n) is 2.37. The van der Waals surface area contributed by atoms with E-state index >= 15 is 0 Å². The number of halogens is 2. The molecule has 1 aliphatic heterocycles. The Morgan fingerprint density at radius 3 is 2.96 bits per heavy atom. The lowest BCUT2D eigenvalue weighted by Gasteiger charge is -2.10. The summed E-state index contributed by atoms with van der Waals surface area (Å²) in [5, 5.41) is 10.1. The van der Waals surface area contributed by atoms with E-state index < -0.39 is 11.7 Å². The number of rotatable bonds is 3. The maximum Gasteiger partial charge on any atom is 0.273 e. The number of likely N-dealkylation sites (N-methyl/N-ethyl adjacent to an activating group) is 1. The molecule has 3 rings (SSSR count). The molecule has 0 bridgehead atoms. The molecular formula is C14H13ClFN5O2. The Morgan fingerprint density at radius 1 is 1.48 bits per heavy atom. The van der Waals surface area contributed by atoms with Gasteiger partial charge in [0.2, 0.25) is 5.91 Å². The zero-order chi connectivity index (χ0) is 16.6. The Balaban J connectivity index is 1.75. The number of nitrogens with one attached hydrogen (secondary N) is 1. The fourth-order valence-corrected chi connectivity index (χ4v) is 2.54. The monoisotopic (exact) mass is 337 g/mol. The lowest BCUT2D eigenvalue weighted by Crippen LogP contribution is -2.36. The second kappa shape index (κ2) is 5.96. The number of nitrogens with zero attached hydrogens (tertiary/aromatic N) is 4. The first-order valence-corrected chi connectivity index (χ1v) is 7.25. The van der Waals surface area contributed by atoms with Gasteiger partial charge in [-0.05, 0) is 12.1 Å². The molecule has 2 amide bonds. The third-order valence-electron chi connectivity index (χ3n) is 3.58. The van der Waals surface area contributed by atoms with Gasteiger partial charge in [-0.1, -0.05) is 22.9 Å². The Labute approximate surface area is 136 Å². The van der Waals surface area contributed by atoms with Crippen molar-refractivity contribution in [2.75, 3.05) is 13.6 Å². The summed E-state index contributed by atoms with van der Waals surface area (Å²) >= 11 is 5.72. The SMILES string of the molecule is CN1C[C@H](NC(=O)c2cn(-c3cccc(Cl)c3F)nn2)CC1=O. The topological polar surface area (TPSA) is 80.1 Å². The fraction of sp³-hybridized carbons (Fsp3) is 0.286. The molecule has 0 unspecified atom stereocenters. The molecule has 23 heavy (non-hydrogen) atoms. The van der Waals surface area contributed by atoms with E-state index in [9.17, 15) is 14.0 Å². The summed E-state index contributed by atoms with van der Waals surface area (Å²) in [6.07, 6.45) is 1.56. The first kappa shape index (κ1) is 15.4. The number of hydrogen-bond acceptors (Lipinski definition) is 4. The first-order valence-electron chi connectivity index (χ1n) is 6.87. The maximum absolute atomic E-state index is 13.9. The molecule has 1 saturated heterocycles. The van der Waals surface area contributed by atoms with E-state index in [0.29, 0.717) is 6.54 Å². The van der Waals surface area contributed by atoms with Crippen LogP contribution in [0.4, 0.5) is 4.39 Å². The molecule has 9 heteroatoms. The van der Waals surface area contributed by atoms with Crippen LogP contribution in [0.5, 0.6) is 0 Å². The Bertz CT molecular complexity index is 778. The molecule has 0 saturated carbocycles. The largest absolute Gasteiger partial charge is 0.346 e. The molecule has 1 atom stereocenters. The summed E-state index contributed by atoms with van der Waals surface area (Å²) in [4.78, 5) is 25.1. The number of carbonyl (C=O) groups excluding carboxylic acids is 2. The van der Waals surface area contributed by atoms with Gasteiger partial charge in [0.05, 0.1) is 17.3 Å². The second-order valence-corrected chi connectivity index (χ2v) is 5.68. The molecule has 0 aliphatic carbocycles. The van der Waals surface area contributed by atoms with E-state index in [1.54, 1.807) is 18.0 Å². The van der Waals surface area contributed by atoms with Crippen molar-refractivity contribution in [1.82, 2.24) is 25.2 Å². The molecule has 1 aromatic carbocycles. The standard InChI is InChI=1S/C14H13ClFN5O2/c1-20-6-8(5-12(20)22)17-14(23)10-7-21(19-18-10)11-4-2-3-9(15)13(11)16/h2-4,7-8H,5-6H2,1H3,(H,17,23)/t8-/m1/s1. The molecule has 0 spiro atoms. The highest BCUT2D eigenvalue weighted by Gasteiger charge is 2.28. The van der Waals surface area contributed by atoms with Crippen molar-refractivity contribution < 1.29 is 14.0 Å². The van der Waals surface area contributed by atoms with Crippen molar-refractivity contribution in [1.29, 1.82) is 0 Å². The van der Waals surface area contributed by atoms with E-state index in [-0.39, 0.29) is 34.8 Å². The van der Waals surface area contributed by atoms with Crippen molar-refractivity contribution in [3.63, 3.8) is 0 Å². The number of amides is 2. The highest BCUT2D eigenvalue weighted by molar-refractivity contribution is 6.30. The van der Waals surface area contributed by atoms with Gasteiger partial charge in [0.25, 0.3) is 5.91 Å². The first-order chi connectivity index (χ1) is 11.0. The average molecular weight is 338 g/mol. The van der Waals surface area contributed by atoms with Crippen LogP contribution in [0.1, 0.15) is 16.9 Å². The van der Waals surface area contributed by atoms with Crippen LogP contribution in [0.3, 0.4) is 0 Å². The Morgan fingerprint density at radius 2 is 2.26 bits per heavy atom. The third-order valence-corrected chi connectivity index (χ3v) is 3.87. The molecule has 1 aromatic heterocycles. The summed E-state index contributed by atoms with van der Waals surface area (Å²) in [6, 6.07) is 4.19. The second-order valence-electron chi connectivity index (χ2n) is 5.27. The van der Waals surface area contributed by atoms with Crippen molar-refractivity contribution in [2.45, 2.75) is 12.5 Å². The van der Waals surface area contributed by atoms with Crippen LogP contribution >= 0.6 is 11.6 Å². The minimum absolute atomic E-state index is 0.0278. The molecule has 0 radical (unpaired) electrons. The lowest BCUT2D eigenvalue weighted by molar-refractivity contribution is -0.126. The van der Waals surface area contributed by atoms with Crippen LogP contribution in [-0.2, 0) is 4.79 Å². The minimum atomic E-state index is -0.644. The van der Waals surface area contributed by atoms with E-state index in [0.717, 1.165) is 4.68 Å². The normalized spacial score (nSPS) is 17.6. The predicted molar refractivity (Wildman–Crippen MR) is 79.8 cm³/mol. The van der Waals surface area contributed by atoms with Gasteiger partial charge in [-0.25, -0.2) is 9.07 Å². The average Bonchev–Trinajstić information content (AvgIpc) is 3.10. The Hall–Kier alpha value is -2.48. The van der Waals surface area contributed by atoms with E-state index in [2.05, 4.69) is 15.6 Å². The molecule has 2 heterocycles. The quantitative estimate of drug-likeness (QED) is 0.907. The van der Waals surface area contributed by atoms with Crippen LogP contribution in [-0.4, -0.2) is 51.3 Å². The summed E-state index contributed by atoms with van der Waals surface area (Å²) in [5.74, 6) is -1.14. The lowest BCUT2D eigenvalue weighted by atomic mass is 10.2. The van der Waals surface area contributed by atoms with Gasteiger partial charge in [-0.3, -0.25) is 9.59 Å². The van der Waals surface area contributed by atoms with Crippen molar-refractivity contribution in [3.05, 3.63) is 40.9 Å². The van der Waals surface area contributed by atoms with Crippen LogP contribution < -0.4 is 5.32 Å². The molecule has 2 aromatic rings. The van der Waals surface area contributed by atoms with Gasteiger partial charge < -0.3 is 10.2 Å². The summed E-state index contributed by atoms with van der Waals surface area (Å²) in [7, 11) is 1.67. The summed E-state index contributed by atoms with van der Waals surface area (Å²) in [5.41, 5.74) is 0.131. The van der Waals surface area contributed by atoms with Crippen LogP contribution in [0.25, 0.3) is 5.69 Å². The molecule has 120 valence electrons. The van der Waals surface area contributed by atoms with Gasteiger partial charge in [0, 0.05) is 20.0 Å². The van der Waals surface area contributed by atoms with Crippen molar-refractivity contribution in [3.8, 4) is 5.69 Å². The van der Waals surface area contributed by atoms with E-state index in [1.165, 1.54) is 18.3 Å². The molecular weight excluding hydrogens is 325 g/mol. The maximum atomic E-state index is 13.9. The third kappa shape index (κ3) is 3.02. The van der Waals surface area contributed by atoms with Crippen LogP contribution in [0, 0.1) is 5.82 Å². The zero-order valence-electron chi connectivity index (χ0n) is 12.2. The van der Waals surface area contributed by atoms with Crippen molar-refractivity contribution >= 4 is 23.4 Å². The number of benzene rings is 1. The number of hydrogen-bond donors (Lipinski definition) is 1. The molecule has 7 nitrogen and oxygen atoms in total. The molecule has 1 fully saturated rings. The summed E-state index contributed by atoms with van der Waals surface area (Å²) in [6.45, 7) is 0.446. The number of carbonyl (C=O) groups is 2. The van der Waals surface area contributed by atoms with Gasteiger partial charge in [0.1, 0.15) is 5.69 Å². The zero-order valence-corrected chi connectivity index (χ0v) is 12.9. The van der Waals surface area contributed by atoms with Crippen molar-refractivity contribution in [2.24, 2.45) is 0 Å².